The minimum absolute atomic E-state index is 0.398. The highest BCUT2D eigenvalue weighted by atomic mass is 127. The van der Waals surface area contributed by atoms with Crippen molar-refractivity contribution in [2.45, 2.75) is 18.9 Å². The minimum Gasteiger partial charge on any atom is -0.465 e. The zero-order valence-corrected chi connectivity index (χ0v) is 10.2. The summed E-state index contributed by atoms with van der Waals surface area (Å²) in [5, 5.41) is 13.0. The summed E-state index contributed by atoms with van der Waals surface area (Å²) in [6, 6.07) is -0.796. The highest BCUT2D eigenvalue weighted by Crippen LogP contribution is 2.22. The Balaban J connectivity index is 2.09. The van der Waals surface area contributed by atoms with E-state index in [0.29, 0.717) is 25.9 Å². The first-order chi connectivity index (χ1) is 7.51. The van der Waals surface area contributed by atoms with E-state index in [1.807, 2.05) is 6.20 Å². The van der Waals surface area contributed by atoms with E-state index in [1.54, 1.807) is 10.9 Å². The van der Waals surface area contributed by atoms with Crippen LogP contribution in [-0.4, -0.2) is 39.0 Å². The van der Waals surface area contributed by atoms with E-state index in [0.717, 1.165) is 3.57 Å². The van der Waals surface area contributed by atoms with Gasteiger partial charge in [-0.2, -0.15) is 5.10 Å². The maximum Gasteiger partial charge on any atom is 0.407 e. The third-order valence-electron chi connectivity index (χ3n) is 2.49. The van der Waals surface area contributed by atoms with Crippen LogP contribution in [0, 0.1) is 3.57 Å². The predicted octanol–water partition coefficient (Wildman–Crippen LogP) is 1.80. The number of hydrogen-bond donors (Lipinski definition) is 1. The lowest BCUT2D eigenvalue weighted by molar-refractivity contribution is 0.124. The SMILES string of the molecule is [2H]C1(n2cc(I)cn2)CCN(C(=O)O)CC1. The molecule has 1 aliphatic heterocycles. The van der Waals surface area contributed by atoms with Crippen molar-refractivity contribution >= 4 is 28.7 Å². The van der Waals surface area contributed by atoms with Crippen molar-refractivity contribution in [2.75, 3.05) is 13.1 Å². The molecule has 6 heteroatoms. The van der Waals surface area contributed by atoms with Gasteiger partial charge in [0.1, 0.15) is 0 Å². The van der Waals surface area contributed by atoms with Crippen molar-refractivity contribution in [1.29, 1.82) is 0 Å². The number of likely N-dealkylation sites (tertiary alicyclic amines) is 1. The molecule has 1 aromatic rings. The number of nitrogens with zero attached hydrogens (tertiary/aromatic N) is 3. The molecule has 2 heterocycles. The van der Waals surface area contributed by atoms with Crippen LogP contribution in [-0.2, 0) is 0 Å². The molecular weight excluding hydrogens is 309 g/mol. The molecule has 0 unspecified atom stereocenters. The van der Waals surface area contributed by atoms with E-state index < -0.39 is 12.1 Å². The molecule has 0 bridgehead atoms. The van der Waals surface area contributed by atoms with Crippen molar-refractivity contribution in [3.63, 3.8) is 0 Å². The van der Waals surface area contributed by atoms with Gasteiger partial charge in [0.05, 0.1) is 17.2 Å². The lowest BCUT2D eigenvalue weighted by atomic mass is 10.1. The third kappa shape index (κ3) is 2.42. The lowest BCUT2D eigenvalue weighted by Gasteiger charge is -2.29. The number of piperidine rings is 1. The fraction of sp³-hybridized carbons (Fsp3) is 0.556. The molecule has 0 aliphatic carbocycles. The lowest BCUT2D eigenvalue weighted by Crippen LogP contribution is -2.38. The molecule has 2 rings (SSSR count). The van der Waals surface area contributed by atoms with Gasteiger partial charge in [0.25, 0.3) is 0 Å². The maximum absolute atomic E-state index is 10.7. The molecule has 5 nitrogen and oxygen atoms in total. The Bertz CT molecular complexity index is 401. The van der Waals surface area contributed by atoms with Gasteiger partial charge in [-0.3, -0.25) is 4.68 Å². The van der Waals surface area contributed by atoms with E-state index in [4.69, 9.17) is 6.48 Å². The Morgan fingerprint density at radius 3 is 2.80 bits per heavy atom. The van der Waals surface area contributed by atoms with Gasteiger partial charge >= 0.3 is 6.09 Å². The second kappa shape index (κ2) is 4.38. The fourth-order valence-electron chi connectivity index (χ4n) is 1.66. The van der Waals surface area contributed by atoms with Crippen molar-refractivity contribution in [1.82, 2.24) is 14.7 Å². The quantitative estimate of drug-likeness (QED) is 0.802. The Morgan fingerprint density at radius 1 is 1.67 bits per heavy atom. The average molecular weight is 322 g/mol. The first kappa shape index (κ1) is 9.44. The summed E-state index contributed by atoms with van der Waals surface area (Å²) >= 11 is 2.15. The molecule has 0 saturated carbocycles. The molecule has 0 radical (unpaired) electrons. The largest absolute Gasteiger partial charge is 0.465 e. The highest BCUT2D eigenvalue weighted by molar-refractivity contribution is 14.1. The molecule has 0 aromatic carbocycles. The molecule has 1 aromatic heterocycles. The Morgan fingerprint density at radius 2 is 2.33 bits per heavy atom. The summed E-state index contributed by atoms with van der Waals surface area (Å²) in [5.74, 6) is 0. The molecule has 0 spiro atoms. The van der Waals surface area contributed by atoms with Crippen LogP contribution in [0.1, 0.15) is 20.2 Å². The van der Waals surface area contributed by atoms with Crippen molar-refractivity contribution < 1.29 is 11.3 Å². The van der Waals surface area contributed by atoms with Crippen LogP contribution < -0.4 is 0 Å². The summed E-state index contributed by atoms with van der Waals surface area (Å²) in [7, 11) is 0. The summed E-state index contributed by atoms with van der Waals surface area (Å²) in [4.78, 5) is 12.1. The number of carboxylic acid groups (broad SMARTS) is 1. The van der Waals surface area contributed by atoms with Gasteiger partial charge in [-0.15, -0.1) is 0 Å². The number of aromatic nitrogens is 2. The zero-order valence-electron chi connectivity index (χ0n) is 9.06. The Labute approximate surface area is 103 Å². The van der Waals surface area contributed by atoms with E-state index in [2.05, 4.69) is 27.7 Å². The standard InChI is InChI=1S/C9H12IN3O2/c10-7-5-11-13(6-7)8-1-3-12(4-2-8)9(14)15/h5-6,8H,1-4H2,(H,14,15)/i8D. The van der Waals surface area contributed by atoms with E-state index >= 15 is 0 Å². The molecule has 1 fully saturated rings. The van der Waals surface area contributed by atoms with Crippen molar-refractivity contribution in [3.8, 4) is 0 Å². The molecule has 15 heavy (non-hydrogen) atoms. The van der Waals surface area contributed by atoms with Gasteiger partial charge in [-0.25, -0.2) is 4.79 Å². The first-order valence-corrected chi connectivity index (χ1v) is 5.78. The van der Waals surface area contributed by atoms with E-state index in [-0.39, 0.29) is 0 Å². The summed E-state index contributed by atoms with van der Waals surface area (Å²) in [6.45, 7) is 0.796. The van der Waals surface area contributed by atoms with Gasteiger partial charge in [-0.05, 0) is 35.4 Å². The molecule has 1 amide bonds. The van der Waals surface area contributed by atoms with Crippen LogP contribution in [0.4, 0.5) is 4.79 Å². The van der Waals surface area contributed by atoms with Crippen LogP contribution in [0.3, 0.4) is 0 Å². The van der Waals surface area contributed by atoms with E-state index in [1.165, 1.54) is 4.90 Å². The molecule has 1 N–H and O–H groups in total. The van der Waals surface area contributed by atoms with Crippen molar-refractivity contribution in [2.24, 2.45) is 0 Å². The normalized spacial score (nSPS) is 21.1. The number of carbonyl (C=O) groups is 1. The van der Waals surface area contributed by atoms with Gasteiger partial charge in [0.2, 0.25) is 0 Å². The highest BCUT2D eigenvalue weighted by Gasteiger charge is 2.23. The van der Waals surface area contributed by atoms with Crippen LogP contribution in [0.25, 0.3) is 0 Å². The van der Waals surface area contributed by atoms with E-state index in [9.17, 15) is 4.79 Å². The number of hydrogen-bond acceptors (Lipinski definition) is 2. The average Bonchev–Trinajstić information content (AvgIpc) is 2.66. The predicted molar refractivity (Wildman–Crippen MR) is 62.8 cm³/mol. The van der Waals surface area contributed by atoms with Gasteiger partial charge in [0.15, 0.2) is 0 Å². The maximum atomic E-state index is 10.7. The number of amides is 1. The fourth-order valence-corrected chi connectivity index (χ4v) is 2.05. The summed E-state index contributed by atoms with van der Waals surface area (Å²) in [6.07, 6.45) is 3.59. The van der Waals surface area contributed by atoms with Crippen LogP contribution in [0.5, 0.6) is 0 Å². The molecular formula is C9H12IN3O2. The topological polar surface area (TPSA) is 58.4 Å². The van der Waals surface area contributed by atoms with Crippen LogP contribution in [0.2, 0.25) is 0 Å². The first-order valence-electron chi connectivity index (χ1n) is 5.20. The molecule has 82 valence electrons. The van der Waals surface area contributed by atoms with Gasteiger partial charge in [-0.1, -0.05) is 0 Å². The van der Waals surface area contributed by atoms with Crippen molar-refractivity contribution in [3.05, 3.63) is 16.0 Å². The Hall–Kier alpha value is -0.790. The molecule has 0 atom stereocenters. The second-order valence-electron chi connectivity index (χ2n) is 3.44. The van der Waals surface area contributed by atoms with Gasteiger partial charge < -0.3 is 10.0 Å². The van der Waals surface area contributed by atoms with Gasteiger partial charge in [0, 0.05) is 19.3 Å². The summed E-state index contributed by atoms with van der Waals surface area (Å²) in [5.41, 5.74) is 0. The molecule has 1 saturated heterocycles. The number of rotatable bonds is 1. The third-order valence-corrected chi connectivity index (χ3v) is 3.04. The number of halogens is 1. The summed E-state index contributed by atoms with van der Waals surface area (Å²) < 4.78 is 10.9. The zero-order chi connectivity index (χ0) is 11.8. The minimum atomic E-state index is -0.905. The van der Waals surface area contributed by atoms with Crippen LogP contribution >= 0.6 is 22.6 Å². The molecule has 1 aliphatic rings. The second-order valence-corrected chi connectivity index (χ2v) is 4.68. The van der Waals surface area contributed by atoms with Crippen LogP contribution in [0.15, 0.2) is 12.4 Å². The smallest absolute Gasteiger partial charge is 0.407 e. The monoisotopic (exact) mass is 322 g/mol. The Kier molecular flexibility index (Phi) is 2.75.